The number of benzene rings is 8. The van der Waals surface area contributed by atoms with Crippen molar-refractivity contribution in [1.82, 2.24) is 0 Å². The van der Waals surface area contributed by atoms with E-state index in [0.717, 1.165) is 0 Å². The minimum atomic E-state index is -0.332. The van der Waals surface area contributed by atoms with Crippen LogP contribution in [0, 0.1) is 0 Å². The molecule has 0 saturated carbocycles. The van der Waals surface area contributed by atoms with Crippen LogP contribution in [-0.2, 0) is 5.41 Å². The van der Waals surface area contributed by atoms with E-state index >= 15 is 0 Å². The summed E-state index contributed by atoms with van der Waals surface area (Å²) in [4.78, 5) is 0. The Bertz CT molecular complexity index is 2980. The molecule has 0 unspecified atom stereocenters. The van der Waals surface area contributed by atoms with E-state index < -0.39 is 0 Å². The highest BCUT2D eigenvalue weighted by molar-refractivity contribution is 6.12. The quantitative estimate of drug-likeness (QED) is 0.149. The standard InChI is InChI=1S/C49H28/c1-3-11-35-29(7-1)23-45-37(35)17-19-39-41(45)15-13-31-27-47-33(25-43(31)39)9-5-21-49(47)22-6-10-34-26-44-32(28-48(34)49)14-16-42-40(44)20-18-38-36-12-4-2-8-30(36)24-46(38)42/h1-28H. The Morgan fingerprint density at radius 1 is 0.367 bits per heavy atom. The SMILES string of the molecule is C1=CC2(C=CC=c3cc4c(ccc5c6c(ccc54)-c4ccccc4C=6)cc32)c2cc3ccc4c5c(ccc4c3cc2=C1)-c1ccccc1C=5. The van der Waals surface area contributed by atoms with Gasteiger partial charge in [0, 0.05) is 0 Å². The van der Waals surface area contributed by atoms with Crippen LogP contribution in [0.2, 0.25) is 0 Å². The molecule has 8 aromatic carbocycles. The molecule has 224 valence electrons. The average Bonchev–Trinajstić information content (AvgIpc) is 3.73. The highest BCUT2D eigenvalue weighted by Gasteiger charge is 2.34. The van der Waals surface area contributed by atoms with Gasteiger partial charge in [0.1, 0.15) is 0 Å². The van der Waals surface area contributed by atoms with E-state index in [2.05, 4.69) is 170 Å². The lowest BCUT2D eigenvalue weighted by atomic mass is 9.68. The highest BCUT2D eigenvalue weighted by atomic mass is 14.4. The molecule has 0 N–H and O–H groups in total. The lowest BCUT2D eigenvalue weighted by molar-refractivity contribution is 0.796. The van der Waals surface area contributed by atoms with E-state index in [1.165, 1.54) is 108 Å². The average molecular weight is 617 g/mol. The van der Waals surface area contributed by atoms with Crippen LogP contribution in [0.1, 0.15) is 22.3 Å². The molecular formula is C49H28. The normalized spacial score (nSPS) is 15.2. The first kappa shape index (κ1) is 25.8. The van der Waals surface area contributed by atoms with Crippen LogP contribution in [0.3, 0.4) is 0 Å². The molecule has 0 saturated heterocycles. The molecule has 1 spiro atoms. The molecule has 12 rings (SSSR count). The first-order valence-electron chi connectivity index (χ1n) is 17.2. The molecule has 0 aromatic heterocycles. The zero-order valence-electron chi connectivity index (χ0n) is 26.7. The Balaban J connectivity index is 1.06. The predicted molar refractivity (Wildman–Crippen MR) is 207 cm³/mol. The molecule has 0 heteroatoms. The molecule has 49 heavy (non-hydrogen) atoms. The maximum Gasteiger partial charge on any atom is 0.0580 e. The third-order valence-corrected chi connectivity index (χ3v) is 11.7. The van der Waals surface area contributed by atoms with E-state index in [1.807, 2.05) is 0 Å². The number of allylic oxidation sites excluding steroid dienone is 4. The van der Waals surface area contributed by atoms with Gasteiger partial charge in [-0.05, 0) is 145 Å². The zero-order chi connectivity index (χ0) is 31.8. The summed E-state index contributed by atoms with van der Waals surface area (Å²) in [6.45, 7) is 0. The van der Waals surface area contributed by atoms with E-state index in [9.17, 15) is 0 Å². The lowest BCUT2D eigenvalue weighted by Gasteiger charge is -2.34. The molecule has 0 atom stereocenters. The minimum absolute atomic E-state index is 0.332. The van der Waals surface area contributed by atoms with Gasteiger partial charge in [0.15, 0.2) is 0 Å². The lowest BCUT2D eigenvalue weighted by Crippen LogP contribution is -2.37. The molecule has 0 fully saturated rings. The first-order valence-corrected chi connectivity index (χ1v) is 17.2. The van der Waals surface area contributed by atoms with Gasteiger partial charge in [0.2, 0.25) is 0 Å². The molecule has 0 radical (unpaired) electrons. The van der Waals surface area contributed by atoms with Crippen molar-refractivity contribution in [2.45, 2.75) is 5.41 Å². The van der Waals surface area contributed by atoms with Gasteiger partial charge in [-0.3, -0.25) is 0 Å². The molecule has 0 heterocycles. The fraction of sp³-hybridized carbons (Fsp3) is 0.0204. The van der Waals surface area contributed by atoms with Crippen molar-refractivity contribution in [3.8, 4) is 22.3 Å². The third kappa shape index (κ3) is 3.29. The van der Waals surface area contributed by atoms with Crippen molar-refractivity contribution in [1.29, 1.82) is 0 Å². The number of hydrogen-bond donors (Lipinski definition) is 0. The highest BCUT2D eigenvalue weighted by Crippen LogP contribution is 2.40. The topological polar surface area (TPSA) is 0 Å². The van der Waals surface area contributed by atoms with Crippen LogP contribution in [0.4, 0.5) is 0 Å². The van der Waals surface area contributed by atoms with Gasteiger partial charge in [-0.15, -0.1) is 0 Å². The Kier molecular flexibility index (Phi) is 4.74. The maximum atomic E-state index is 2.45. The number of hydrogen-bond acceptors (Lipinski definition) is 0. The first-order chi connectivity index (χ1) is 24.2. The summed E-state index contributed by atoms with van der Waals surface area (Å²) in [5.74, 6) is 0. The van der Waals surface area contributed by atoms with Crippen molar-refractivity contribution in [2.24, 2.45) is 0 Å². The molecule has 8 aromatic rings. The Morgan fingerprint density at radius 3 is 1.35 bits per heavy atom. The second-order valence-electron chi connectivity index (χ2n) is 14.1. The second kappa shape index (κ2) is 9.01. The molecule has 4 aliphatic carbocycles. The van der Waals surface area contributed by atoms with Crippen molar-refractivity contribution >= 4 is 67.4 Å². The Morgan fingerprint density at radius 2 is 0.837 bits per heavy atom. The Labute approximate surface area is 282 Å². The van der Waals surface area contributed by atoms with Crippen molar-refractivity contribution < 1.29 is 0 Å². The van der Waals surface area contributed by atoms with Gasteiger partial charge in [-0.2, -0.15) is 0 Å². The van der Waals surface area contributed by atoms with Crippen LogP contribution in [-0.4, -0.2) is 0 Å². The maximum absolute atomic E-state index is 2.45. The van der Waals surface area contributed by atoms with Gasteiger partial charge >= 0.3 is 0 Å². The van der Waals surface area contributed by atoms with Crippen molar-refractivity contribution in [2.75, 3.05) is 0 Å². The smallest absolute Gasteiger partial charge is 0.0580 e. The summed E-state index contributed by atoms with van der Waals surface area (Å²) >= 11 is 0. The van der Waals surface area contributed by atoms with E-state index in [1.54, 1.807) is 0 Å². The Hall–Kier alpha value is -6.24. The van der Waals surface area contributed by atoms with Crippen LogP contribution >= 0.6 is 0 Å². The second-order valence-corrected chi connectivity index (χ2v) is 14.1. The summed E-state index contributed by atoms with van der Waals surface area (Å²) < 4.78 is 0. The molecule has 0 aliphatic heterocycles. The van der Waals surface area contributed by atoms with Crippen LogP contribution in [0.25, 0.3) is 89.6 Å². The van der Waals surface area contributed by atoms with Crippen LogP contribution in [0.15, 0.2) is 146 Å². The van der Waals surface area contributed by atoms with Crippen molar-refractivity contribution in [3.05, 3.63) is 189 Å². The summed E-state index contributed by atoms with van der Waals surface area (Å²) in [6.07, 6.45) is 18.6. The van der Waals surface area contributed by atoms with Gasteiger partial charge in [0.05, 0.1) is 5.41 Å². The molecular weight excluding hydrogens is 589 g/mol. The molecule has 0 nitrogen and oxygen atoms in total. The fourth-order valence-electron chi connectivity index (χ4n) is 9.44. The van der Waals surface area contributed by atoms with E-state index in [0.29, 0.717) is 0 Å². The predicted octanol–water partition coefficient (Wildman–Crippen LogP) is 8.90. The van der Waals surface area contributed by atoms with E-state index in [4.69, 9.17) is 0 Å². The summed E-state index contributed by atoms with van der Waals surface area (Å²) in [6, 6.07) is 45.9. The summed E-state index contributed by atoms with van der Waals surface area (Å²) in [5, 5.41) is 15.7. The van der Waals surface area contributed by atoms with Gasteiger partial charge < -0.3 is 0 Å². The molecule has 4 aliphatic rings. The monoisotopic (exact) mass is 616 g/mol. The van der Waals surface area contributed by atoms with Crippen LogP contribution < -0.4 is 20.9 Å². The fourth-order valence-corrected chi connectivity index (χ4v) is 9.44. The third-order valence-electron chi connectivity index (χ3n) is 11.7. The molecule has 0 bridgehead atoms. The number of fused-ring (bicyclic) bond motifs is 18. The molecule has 0 amide bonds. The van der Waals surface area contributed by atoms with Crippen molar-refractivity contribution in [3.63, 3.8) is 0 Å². The van der Waals surface area contributed by atoms with Crippen LogP contribution in [0.5, 0.6) is 0 Å². The minimum Gasteiger partial charge on any atom is -0.0657 e. The largest absolute Gasteiger partial charge is 0.0657 e. The van der Waals surface area contributed by atoms with Gasteiger partial charge in [-0.1, -0.05) is 134 Å². The van der Waals surface area contributed by atoms with Gasteiger partial charge in [0.25, 0.3) is 0 Å². The summed E-state index contributed by atoms with van der Waals surface area (Å²) in [7, 11) is 0. The zero-order valence-corrected chi connectivity index (χ0v) is 26.7. The number of rotatable bonds is 0. The summed E-state index contributed by atoms with van der Waals surface area (Å²) in [5.41, 5.74) is 10.3. The van der Waals surface area contributed by atoms with E-state index in [-0.39, 0.29) is 5.41 Å². The van der Waals surface area contributed by atoms with Gasteiger partial charge in [-0.25, -0.2) is 0 Å².